The van der Waals surface area contributed by atoms with E-state index in [4.69, 9.17) is 4.74 Å². The van der Waals surface area contributed by atoms with Crippen LogP contribution in [0.3, 0.4) is 0 Å². The zero-order valence-electron chi connectivity index (χ0n) is 8.19. The lowest BCUT2D eigenvalue weighted by Crippen LogP contribution is -2.12. The monoisotopic (exact) mass is 206 g/mol. The SMILES string of the molecule is COC(=O)C1=COc2ccc(O)cc2C1. The Kier molecular flexibility index (Phi) is 2.33. The molecule has 0 saturated heterocycles. The summed E-state index contributed by atoms with van der Waals surface area (Å²) in [6, 6.07) is 4.77. The van der Waals surface area contributed by atoms with Gasteiger partial charge in [-0.3, -0.25) is 0 Å². The van der Waals surface area contributed by atoms with Crippen LogP contribution >= 0.6 is 0 Å². The molecule has 0 unspecified atom stereocenters. The van der Waals surface area contributed by atoms with Crippen LogP contribution in [0.1, 0.15) is 5.56 Å². The molecule has 4 heteroatoms. The Hall–Kier alpha value is -1.97. The number of fused-ring (bicyclic) bond motifs is 1. The maximum absolute atomic E-state index is 11.2. The van der Waals surface area contributed by atoms with Crippen LogP contribution in [0.5, 0.6) is 11.5 Å². The number of phenols is 1. The van der Waals surface area contributed by atoms with Gasteiger partial charge in [-0.25, -0.2) is 4.79 Å². The third-order valence-corrected chi connectivity index (χ3v) is 2.20. The molecule has 0 atom stereocenters. The van der Waals surface area contributed by atoms with Crippen LogP contribution < -0.4 is 4.74 Å². The first kappa shape index (κ1) is 9.58. The predicted octanol–water partition coefficient (Wildman–Crippen LogP) is 1.38. The summed E-state index contributed by atoms with van der Waals surface area (Å²) in [5.41, 5.74) is 1.22. The highest BCUT2D eigenvalue weighted by molar-refractivity contribution is 5.89. The van der Waals surface area contributed by atoms with Crippen LogP contribution in [0.2, 0.25) is 0 Å². The third-order valence-electron chi connectivity index (χ3n) is 2.20. The normalized spacial score (nSPS) is 13.5. The van der Waals surface area contributed by atoms with E-state index in [1.165, 1.54) is 19.4 Å². The zero-order chi connectivity index (χ0) is 10.8. The van der Waals surface area contributed by atoms with Crippen LogP contribution in [-0.4, -0.2) is 18.2 Å². The average Bonchev–Trinajstić information content (AvgIpc) is 2.27. The Labute approximate surface area is 86.7 Å². The van der Waals surface area contributed by atoms with Gasteiger partial charge in [0.1, 0.15) is 17.8 Å². The summed E-state index contributed by atoms with van der Waals surface area (Å²) in [4.78, 5) is 11.2. The van der Waals surface area contributed by atoms with Gasteiger partial charge in [-0.15, -0.1) is 0 Å². The van der Waals surface area contributed by atoms with Crippen LogP contribution in [0.15, 0.2) is 30.0 Å². The molecule has 0 amide bonds. The van der Waals surface area contributed by atoms with Crippen molar-refractivity contribution in [3.05, 3.63) is 35.6 Å². The third kappa shape index (κ3) is 1.79. The first-order chi connectivity index (χ1) is 7.20. The fourth-order valence-corrected chi connectivity index (χ4v) is 1.45. The Morgan fingerprint density at radius 1 is 1.53 bits per heavy atom. The van der Waals surface area contributed by atoms with Crippen LogP contribution in [0.25, 0.3) is 0 Å². The van der Waals surface area contributed by atoms with E-state index in [-0.39, 0.29) is 5.75 Å². The zero-order valence-corrected chi connectivity index (χ0v) is 8.19. The van der Waals surface area contributed by atoms with Gasteiger partial charge < -0.3 is 14.6 Å². The van der Waals surface area contributed by atoms with Gasteiger partial charge in [0.25, 0.3) is 0 Å². The van der Waals surface area contributed by atoms with Gasteiger partial charge >= 0.3 is 5.97 Å². The molecule has 1 aliphatic rings. The van der Waals surface area contributed by atoms with E-state index in [1.807, 2.05) is 0 Å². The lowest BCUT2D eigenvalue weighted by atomic mass is 10.0. The van der Waals surface area contributed by atoms with Gasteiger partial charge in [-0.2, -0.15) is 0 Å². The molecule has 15 heavy (non-hydrogen) atoms. The number of benzene rings is 1. The quantitative estimate of drug-likeness (QED) is 0.705. The molecule has 2 rings (SSSR count). The maximum Gasteiger partial charge on any atom is 0.337 e. The van der Waals surface area contributed by atoms with Gasteiger partial charge in [-0.05, 0) is 18.2 Å². The van der Waals surface area contributed by atoms with Gasteiger partial charge in [0, 0.05) is 12.0 Å². The number of carbonyl (C=O) groups is 1. The van der Waals surface area contributed by atoms with E-state index in [0.717, 1.165) is 5.56 Å². The molecule has 0 aromatic heterocycles. The summed E-state index contributed by atoms with van der Waals surface area (Å²) in [5, 5.41) is 9.28. The van der Waals surface area contributed by atoms with Crippen molar-refractivity contribution in [3.63, 3.8) is 0 Å². The molecule has 0 radical (unpaired) electrons. The molecular weight excluding hydrogens is 196 g/mol. The van der Waals surface area contributed by atoms with Gasteiger partial charge in [-0.1, -0.05) is 0 Å². The molecule has 0 spiro atoms. The van der Waals surface area contributed by atoms with E-state index in [9.17, 15) is 9.90 Å². The number of methoxy groups -OCH3 is 1. The average molecular weight is 206 g/mol. The van der Waals surface area contributed by atoms with E-state index in [0.29, 0.717) is 17.7 Å². The summed E-state index contributed by atoms with van der Waals surface area (Å²) in [6.07, 6.45) is 1.79. The van der Waals surface area contributed by atoms with Crippen LogP contribution in [0, 0.1) is 0 Å². The minimum Gasteiger partial charge on any atom is -0.508 e. The second kappa shape index (κ2) is 3.65. The molecule has 0 bridgehead atoms. The van der Waals surface area contributed by atoms with Gasteiger partial charge in [0.15, 0.2) is 0 Å². The number of hydrogen-bond acceptors (Lipinski definition) is 4. The smallest absolute Gasteiger partial charge is 0.337 e. The summed E-state index contributed by atoms with van der Waals surface area (Å²) >= 11 is 0. The van der Waals surface area contributed by atoms with Crippen molar-refractivity contribution in [2.75, 3.05) is 7.11 Å². The molecule has 1 aromatic carbocycles. The van der Waals surface area contributed by atoms with Crippen molar-refractivity contribution >= 4 is 5.97 Å². The first-order valence-electron chi connectivity index (χ1n) is 4.46. The molecule has 0 fully saturated rings. The first-order valence-corrected chi connectivity index (χ1v) is 4.46. The summed E-state index contributed by atoms with van der Waals surface area (Å²) in [7, 11) is 1.32. The Morgan fingerprint density at radius 3 is 3.07 bits per heavy atom. The second-order valence-corrected chi connectivity index (χ2v) is 3.22. The number of phenolic OH excluding ortho intramolecular Hbond substituents is 1. The number of aromatic hydroxyl groups is 1. The Bertz CT molecular complexity index is 434. The van der Waals surface area contributed by atoms with Crippen molar-refractivity contribution in [2.24, 2.45) is 0 Å². The molecule has 1 aromatic rings. The number of hydrogen-bond donors (Lipinski definition) is 1. The van der Waals surface area contributed by atoms with E-state index >= 15 is 0 Å². The molecule has 1 heterocycles. The topological polar surface area (TPSA) is 55.8 Å². The summed E-state index contributed by atoms with van der Waals surface area (Å²) < 4.78 is 9.83. The van der Waals surface area contributed by atoms with Crippen molar-refractivity contribution in [3.8, 4) is 11.5 Å². The highest BCUT2D eigenvalue weighted by Crippen LogP contribution is 2.29. The largest absolute Gasteiger partial charge is 0.508 e. The number of carbonyl (C=O) groups excluding carboxylic acids is 1. The van der Waals surface area contributed by atoms with E-state index in [2.05, 4.69) is 4.74 Å². The molecular formula is C11H10O4. The van der Waals surface area contributed by atoms with Crippen LogP contribution in [-0.2, 0) is 16.0 Å². The Balaban J connectivity index is 2.28. The molecule has 0 aliphatic carbocycles. The molecule has 1 N–H and O–H groups in total. The summed E-state index contributed by atoms with van der Waals surface area (Å²) in [5.74, 6) is 0.396. The number of esters is 1. The Morgan fingerprint density at radius 2 is 2.33 bits per heavy atom. The van der Waals surface area contributed by atoms with Gasteiger partial charge in [0.2, 0.25) is 0 Å². The van der Waals surface area contributed by atoms with Gasteiger partial charge in [0.05, 0.1) is 12.7 Å². The van der Waals surface area contributed by atoms with Crippen molar-refractivity contribution in [2.45, 2.75) is 6.42 Å². The molecule has 78 valence electrons. The fraction of sp³-hybridized carbons (Fsp3) is 0.182. The van der Waals surface area contributed by atoms with Crippen LogP contribution in [0.4, 0.5) is 0 Å². The molecule has 1 aliphatic heterocycles. The number of ether oxygens (including phenoxy) is 2. The lowest BCUT2D eigenvalue weighted by Gasteiger charge is -2.15. The highest BCUT2D eigenvalue weighted by Gasteiger charge is 2.18. The minimum atomic E-state index is -0.413. The van der Waals surface area contributed by atoms with Crippen molar-refractivity contribution in [1.29, 1.82) is 0 Å². The molecule has 0 saturated carbocycles. The fourth-order valence-electron chi connectivity index (χ4n) is 1.45. The van der Waals surface area contributed by atoms with E-state index < -0.39 is 5.97 Å². The predicted molar refractivity (Wildman–Crippen MR) is 52.5 cm³/mol. The van der Waals surface area contributed by atoms with E-state index in [1.54, 1.807) is 12.1 Å². The summed E-state index contributed by atoms with van der Waals surface area (Å²) in [6.45, 7) is 0. The van der Waals surface area contributed by atoms with Crippen molar-refractivity contribution < 1.29 is 19.4 Å². The maximum atomic E-state index is 11.2. The minimum absolute atomic E-state index is 0.156. The number of rotatable bonds is 1. The van der Waals surface area contributed by atoms with Crippen molar-refractivity contribution in [1.82, 2.24) is 0 Å². The lowest BCUT2D eigenvalue weighted by molar-refractivity contribution is -0.136. The molecule has 4 nitrogen and oxygen atoms in total. The highest BCUT2D eigenvalue weighted by atomic mass is 16.5. The second-order valence-electron chi connectivity index (χ2n) is 3.22. The standard InChI is InChI=1S/C11H10O4/c1-14-11(13)8-4-7-5-9(12)2-3-10(7)15-6-8/h2-3,5-6,12H,4H2,1H3.